The van der Waals surface area contributed by atoms with E-state index in [1.165, 1.54) is 12.1 Å². The Hall–Kier alpha value is -2.09. The van der Waals surface area contributed by atoms with Gasteiger partial charge in [0.2, 0.25) is 10.0 Å². The van der Waals surface area contributed by atoms with Crippen molar-refractivity contribution in [2.75, 3.05) is 10.5 Å². The van der Waals surface area contributed by atoms with E-state index < -0.39 is 15.8 Å². The monoisotopic (exact) mass is 285 g/mol. The Morgan fingerprint density at radius 3 is 2.79 bits per heavy atom. The van der Waals surface area contributed by atoms with Crippen molar-refractivity contribution in [3.63, 3.8) is 0 Å². The van der Waals surface area contributed by atoms with E-state index in [0.29, 0.717) is 5.76 Å². The molecule has 0 fully saturated rings. The minimum absolute atomic E-state index is 0.000201. The summed E-state index contributed by atoms with van der Waals surface area (Å²) >= 11 is 0. The number of nitrogen functional groups attached to an aromatic ring is 1. The van der Waals surface area contributed by atoms with Crippen LogP contribution in [0.4, 0.5) is 15.8 Å². The van der Waals surface area contributed by atoms with Crippen LogP contribution in [0.2, 0.25) is 0 Å². The number of hydrogen-bond acceptors (Lipinski definition) is 5. The average Bonchev–Trinajstić information content (AvgIpc) is 2.68. The van der Waals surface area contributed by atoms with E-state index in [2.05, 4.69) is 9.88 Å². The molecular formula is C11H12FN3O3S. The molecule has 6 nitrogen and oxygen atoms in total. The summed E-state index contributed by atoms with van der Waals surface area (Å²) in [6.45, 7) is 1.65. The van der Waals surface area contributed by atoms with Crippen molar-refractivity contribution in [3.8, 4) is 0 Å². The zero-order valence-electron chi connectivity index (χ0n) is 10.1. The Balaban J connectivity index is 2.19. The minimum Gasteiger partial charge on any atom is -0.397 e. The molecule has 0 aliphatic heterocycles. The summed E-state index contributed by atoms with van der Waals surface area (Å²) in [6, 6.07) is 4.96. The number of aromatic nitrogens is 1. The van der Waals surface area contributed by atoms with Gasteiger partial charge in [-0.3, -0.25) is 4.72 Å². The predicted molar refractivity (Wildman–Crippen MR) is 68.3 cm³/mol. The largest absolute Gasteiger partial charge is 0.397 e. The highest BCUT2D eigenvalue weighted by Gasteiger charge is 2.16. The van der Waals surface area contributed by atoms with Crippen LogP contribution >= 0.6 is 0 Å². The number of nitrogens with one attached hydrogen (secondary N) is 1. The molecule has 1 aromatic carbocycles. The molecule has 0 amide bonds. The first-order chi connectivity index (χ1) is 8.85. The molecule has 0 saturated heterocycles. The van der Waals surface area contributed by atoms with Crippen molar-refractivity contribution in [3.05, 3.63) is 41.5 Å². The van der Waals surface area contributed by atoms with Crippen LogP contribution in [0.5, 0.6) is 0 Å². The number of aryl methyl sites for hydroxylation is 1. The van der Waals surface area contributed by atoms with Gasteiger partial charge < -0.3 is 10.3 Å². The molecule has 1 heterocycles. The first-order valence-electron chi connectivity index (χ1n) is 5.33. The molecule has 0 bridgehead atoms. The highest BCUT2D eigenvalue weighted by atomic mass is 32.2. The molecule has 0 atom stereocenters. The molecule has 2 rings (SSSR count). The van der Waals surface area contributed by atoms with E-state index in [0.717, 1.165) is 12.1 Å². The maximum Gasteiger partial charge on any atom is 0.238 e. The Labute approximate surface area is 109 Å². The summed E-state index contributed by atoms with van der Waals surface area (Å²) in [4.78, 5) is 0. The van der Waals surface area contributed by atoms with Crippen molar-refractivity contribution >= 4 is 21.4 Å². The van der Waals surface area contributed by atoms with Crippen LogP contribution in [0.15, 0.2) is 28.8 Å². The van der Waals surface area contributed by atoms with Crippen molar-refractivity contribution in [2.45, 2.75) is 12.7 Å². The van der Waals surface area contributed by atoms with Gasteiger partial charge in [0.1, 0.15) is 23.0 Å². The Morgan fingerprint density at radius 2 is 2.16 bits per heavy atom. The van der Waals surface area contributed by atoms with Crippen LogP contribution < -0.4 is 10.5 Å². The summed E-state index contributed by atoms with van der Waals surface area (Å²) in [5.74, 6) is -0.444. The van der Waals surface area contributed by atoms with E-state index >= 15 is 0 Å². The summed E-state index contributed by atoms with van der Waals surface area (Å²) < 4.78 is 43.8. The van der Waals surface area contributed by atoms with E-state index in [9.17, 15) is 12.8 Å². The Bertz CT molecular complexity index is 697. The first-order valence-corrected chi connectivity index (χ1v) is 6.99. The fourth-order valence-electron chi connectivity index (χ4n) is 1.50. The molecule has 0 aliphatic carbocycles. The van der Waals surface area contributed by atoms with Crippen molar-refractivity contribution in [1.29, 1.82) is 0 Å². The van der Waals surface area contributed by atoms with Gasteiger partial charge in [0.15, 0.2) is 0 Å². The van der Waals surface area contributed by atoms with E-state index in [1.807, 2.05) is 0 Å². The Kier molecular flexibility index (Phi) is 3.43. The fraction of sp³-hybridized carbons (Fsp3) is 0.182. The van der Waals surface area contributed by atoms with Gasteiger partial charge in [-0.2, -0.15) is 0 Å². The highest BCUT2D eigenvalue weighted by molar-refractivity contribution is 7.91. The van der Waals surface area contributed by atoms with Crippen LogP contribution in [0, 0.1) is 12.7 Å². The normalized spacial score (nSPS) is 11.5. The van der Waals surface area contributed by atoms with Gasteiger partial charge in [-0.05, 0) is 19.1 Å². The second kappa shape index (κ2) is 4.88. The topological polar surface area (TPSA) is 98.2 Å². The van der Waals surface area contributed by atoms with Gasteiger partial charge in [0, 0.05) is 12.1 Å². The number of anilines is 2. The second-order valence-corrected chi connectivity index (χ2v) is 5.74. The molecule has 0 unspecified atom stereocenters. The average molecular weight is 285 g/mol. The molecule has 0 spiro atoms. The lowest BCUT2D eigenvalue weighted by atomic mass is 10.3. The lowest BCUT2D eigenvalue weighted by Gasteiger charge is -2.09. The number of benzene rings is 1. The van der Waals surface area contributed by atoms with E-state index in [4.69, 9.17) is 10.3 Å². The van der Waals surface area contributed by atoms with Crippen molar-refractivity contribution in [1.82, 2.24) is 5.16 Å². The maximum atomic E-state index is 13.0. The summed E-state index contributed by atoms with van der Waals surface area (Å²) in [5, 5.41) is 3.58. The van der Waals surface area contributed by atoms with E-state index in [1.54, 1.807) is 6.92 Å². The smallest absolute Gasteiger partial charge is 0.238 e. The van der Waals surface area contributed by atoms with Crippen molar-refractivity contribution < 1.29 is 17.3 Å². The summed E-state index contributed by atoms with van der Waals surface area (Å²) in [5.41, 5.74) is 5.97. The molecule has 3 N–H and O–H groups in total. The zero-order chi connectivity index (χ0) is 14.0. The van der Waals surface area contributed by atoms with Gasteiger partial charge in [-0.15, -0.1) is 0 Å². The lowest BCUT2D eigenvalue weighted by molar-refractivity contribution is 0.392. The maximum absolute atomic E-state index is 13.0. The number of sulfonamides is 1. The van der Waals surface area contributed by atoms with E-state index in [-0.39, 0.29) is 22.8 Å². The zero-order valence-corrected chi connectivity index (χ0v) is 10.9. The van der Waals surface area contributed by atoms with Gasteiger partial charge in [0.05, 0.1) is 11.4 Å². The molecule has 0 radical (unpaired) electrons. The van der Waals surface area contributed by atoms with Gasteiger partial charge in [0.25, 0.3) is 0 Å². The number of hydrogen-bond donors (Lipinski definition) is 2. The third kappa shape index (κ3) is 3.44. The Morgan fingerprint density at radius 1 is 1.42 bits per heavy atom. The predicted octanol–water partition coefficient (Wildman–Crippen LogP) is 1.65. The number of nitrogens with zero attached hydrogens (tertiary/aromatic N) is 1. The molecule has 2 aromatic rings. The quantitative estimate of drug-likeness (QED) is 0.832. The van der Waals surface area contributed by atoms with Crippen LogP contribution in [-0.4, -0.2) is 13.6 Å². The summed E-state index contributed by atoms with van der Waals surface area (Å²) in [6.07, 6.45) is 0. The molecular weight excluding hydrogens is 273 g/mol. The molecule has 0 aliphatic rings. The number of halogens is 1. The first kappa shape index (κ1) is 13.3. The molecule has 102 valence electrons. The van der Waals surface area contributed by atoms with Gasteiger partial charge in [-0.25, -0.2) is 12.8 Å². The van der Waals surface area contributed by atoms with Crippen LogP contribution in [-0.2, 0) is 15.8 Å². The van der Waals surface area contributed by atoms with Gasteiger partial charge in [-0.1, -0.05) is 5.16 Å². The molecule has 8 heteroatoms. The second-order valence-electron chi connectivity index (χ2n) is 4.02. The molecule has 0 saturated carbocycles. The molecule has 19 heavy (non-hydrogen) atoms. The van der Waals surface area contributed by atoms with Crippen LogP contribution in [0.3, 0.4) is 0 Å². The van der Waals surface area contributed by atoms with Crippen molar-refractivity contribution in [2.24, 2.45) is 0 Å². The fourth-order valence-corrected chi connectivity index (χ4v) is 2.61. The number of nitrogens with two attached hydrogens (primary N) is 1. The minimum atomic E-state index is -3.73. The lowest BCUT2D eigenvalue weighted by Crippen LogP contribution is -2.16. The summed E-state index contributed by atoms with van der Waals surface area (Å²) in [7, 11) is -3.73. The van der Waals surface area contributed by atoms with Gasteiger partial charge >= 0.3 is 0 Å². The van der Waals surface area contributed by atoms with Crippen LogP contribution in [0.25, 0.3) is 0 Å². The van der Waals surface area contributed by atoms with Crippen LogP contribution in [0.1, 0.15) is 11.5 Å². The highest BCUT2D eigenvalue weighted by Crippen LogP contribution is 2.21. The SMILES string of the molecule is Cc1cc(CS(=O)(=O)Nc2cc(F)ccc2N)no1. The molecule has 1 aromatic heterocycles. The number of rotatable bonds is 4. The third-order valence-electron chi connectivity index (χ3n) is 2.30. The standard InChI is InChI=1S/C11H12FN3O3S/c1-7-4-9(14-18-7)6-19(16,17)15-11-5-8(12)2-3-10(11)13/h2-5,15H,6,13H2,1H3. The third-order valence-corrected chi connectivity index (χ3v) is 3.50.